The minimum Gasteiger partial charge on any atom is -0.411 e. The van der Waals surface area contributed by atoms with Gasteiger partial charge in [0, 0.05) is 5.56 Å². The van der Waals surface area contributed by atoms with Gasteiger partial charge in [0.25, 0.3) is 0 Å². The summed E-state index contributed by atoms with van der Waals surface area (Å²) in [5.74, 6) is 0. The smallest absolute Gasteiger partial charge is 0.0740 e. The van der Waals surface area contributed by atoms with Crippen molar-refractivity contribution in [3.8, 4) is 11.1 Å². The first kappa shape index (κ1) is 9.46. The predicted molar refractivity (Wildman–Crippen MR) is 61.3 cm³/mol. The summed E-state index contributed by atoms with van der Waals surface area (Å²) in [5, 5.41) is 11.6. The van der Waals surface area contributed by atoms with Gasteiger partial charge in [-0.15, -0.1) is 0 Å². The van der Waals surface area contributed by atoms with Gasteiger partial charge >= 0.3 is 0 Å². The maximum absolute atomic E-state index is 8.56. The van der Waals surface area contributed by atoms with E-state index in [1.54, 1.807) is 0 Å². The molecule has 2 heteroatoms. The molecule has 0 unspecified atom stereocenters. The van der Waals surface area contributed by atoms with Crippen molar-refractivity contribution >= 4 is 6.21 Å². The molecule has 0 fully saturated rings. The Kier molecular flexibility index (Phi) is 2.79. The molecule has 0 saturated carbocycles. The lowest BCUT2D eigenvalue weighted by Crippen LogP contribution is -1.87. The number of benzene rings is 2. The molecule has 2 aromatic rings. The highest BCUT2D eigenvalue weighted by atomic mass is 16.4. The lowest BCUT2D eigenvalue weighted by atomic mass is 10.0. The van der Waals surface area contributed by atoms with Crippen LogP contribution in [0.3, 0.4) is 0 Å². The van der Waals surface area contributed by atoms with Crippen LogP contribution in [-0.4, -0.2) is 11.4 Å². The normalized spacial score (nSPS) is 10.7. The van der Waals surface area contributed by atoms with Crippen molar-refractivity contribution in [1.82, 2.24) is 0 Å². The van der Waals surface area contributed by atoms with E-state index in [1.165, 1.54) is 6.21 Å². The molecule has 0 aliphatic rings. The fourth-order valence-corrected chi connectivity index (χ4v) is 1.55. The molecule has 0 aromatic heterocycles. The summed E-state index contributed by atoms with van der Waals surface area (Å²) in [6.45, 7) is 0. The van der Waals surface area contributed by atoms with E-state index >= 15 is 0 Å². The van der Waals surface area contributed by atoms with Gasteiger partial charge in [0.15, 0.2) is 0 Å². The third-order valence-electron chi connectivity index (χ3n) is 2.24. The number of hydrogen-bond acceptors (Lipinski definition) is 2. The fourth-order valence-electron chi connectivity index (χ4n) is 1.55. The standard InChI is InChI=1S/C13H11NO/c15-14-10-12-8-4-5-9-13(12)11-6-2-1-3-7-11/h1-10,15H/b14-10+. The summed E-state index contributed by atoms with van der Waals surface area (Å²) >= 11 is 0. The molecule has 0 atom stereocenters. The first-order chi connectivity index (χ1) is 7.42. The Labute approximate surface area is 88.5 Å². The molecule has 0 radical (unpaired) electrons. The van der Waals surface area contributed by atoms with Gasteiger partial charge < -0.3 is 5.21 Å². The van der Waals surface area contributed by atoms with Crippen LogP contribution in [0.1, 0.15) is 5.56 Å². The van der Waals surface area contributed by atoms with E-state index in [2.05, 4.69) is 5.16 Å². The van der Waals surface area contributed by atoms with E-state index in [9.17, 15) is 0 Å². The number of oxime groups is 1. The van der Waals surface area contributed by atoms with Gasteiger partial charge in [0.2, 0.25) is 0 Å². The van der Waals surface area contributed by atoms with Crippen LogP contribution in [0.5, 0.6) is 0 Å². The molecule has 0 aliphatic carbocycles. The molecule has 2 nitrogen and oxygen atoms in total. The van der Waals surface area contributed by atoms with Gasteiger partial charge in [-0.2, -0.15) is 0 Å². The Balaban J connectivity index is 2.53. The molecule has 1 N–H and O–H groups in total. The zero-order valence-electron chi connectivity index (χ0n) is 8.17. The largest absolute Gasteiger partial charge is 0.411 e. The van der Waals surface area contributed by atoms with Crippen molar-refractivity contribution in [2.45, 2.75) is 0 Å². The van der Waals surface area contributed by atoms with Gasteiger partial charge in [-0.05, 0) is 11.1 Å². The molecule has 0 heterocycles. The molecule has 0 aliphatic heterocycles. The number of rotatable bonds is 2. The van der Waals surface area contributed by atoms with Crippen LogP contribution < -0.4 is 0 Å². The van der Waals surface area contributed by atoms with Crippen LogP contribution in [0, 0.1) is 0 Å². The fraction of sp³-hybridized carbons (Fsp3) is 0. The van der Waals surface area contributed by atoms with Crippen molar-refractivity contribution in [3.63, 3.8) is 0 Å². The summed E-state index contributed by atoms with van der Waals surface area (Å²) in [4.78, 5) is 0. The monoisotopic (exact) mass is 197 g/mol. The molecule has 0 bridgehead atoms. The quantitative estimate of drug-likeness (QED) is 0.447. The summed E-state index contributed by atoms with van der Waals surface area (Å²) in [6, 6.07) is 17.8. The van der Waals surface area contributed by atoms with E-state index in [1.807, 2.05) is 54.6 Å². The van der Waals surface area contributed by atoms with Gasteiger partial charge in [0.1, 0.15) is 0 Å². The van der Waals surface area contributed by atoms with Crippen LogP contribution in [0.4, 0.5) is 0 Å². The lowest BCUT2D eigenvalue weighted by molar-refractivity contribution is 0.322. The van der Waals surface area contributed by atoms with E-state index in [0.717, 1.165) is 16.7 Å². The molecule has 15 heavy (non-hydrogen) atoms. The molecule has 2 aromatic carbocycles. The van der Waals surface area contributed by atoms with Crippen LogP contribution in [0.15, 0.2) is 59.8 Å². The summed E-state index contributed by atoms with van der Waals surface area (Å²) in [5.41, 5.74) is 3.09. The Morgan fingerprint density at radius 2 is 1.53 bits per heavy atom. The maximum atomic E-state index is 8.56. The zero-order valence-corrected chi connectivity index (χ0v) is 8.17. The summed E-state index contributed by atoms with van der Waals surface area (Å²) < 4.78 is 0. The minimum absolute atomic E-state index is 0.909. The predicted octanol–water partition coefficient (Wildman–Crippen LogP) is 3.16. The molecule has 74 valence electrons. The second-order valence-corrected chi connectivity index (χ2v) is 3.20. The van der Waals surface area contributed by atoms with Crippen molar-refractivity contribution in [2.24, 2.45) is 5.16 Å². The maximum Gasteiger partial charge on any atom is 0.0740 e. The average Bonchev–Trinajstić information content (AvgIpc) is 2.31. The van der Waals surface area contributed by atoms with Crippen LogP contribution in [0.25, 0.3) is 11.1 Å². The second kappa shape index (κ2) is 4.42. The third kappa shape index (κ3) is 2.05. The minimum atomic E-state index is 0.909. The molecular weight excluding hydrogens is 186 g/mol. The van der Waals surface area contributed by atoms with Crippen LogP contribution >= 0.6 is 0 Å². The average molecular weight is 197 g/mol. The Bertz CT molecular complexity index is 463. The molecule has 2 rings (SSSR count). The van der Waals surface area contributed by atoms with E-state index in [-0.39, 0.29) is 0 Å². The van der Waals surface area contributed by atoms with Gasteiger partial charge in [-0.1, -0.05) is 59.8 Å². The third-order valence-corrected chi connectivity index (χ3v) is 2.24. The lowest BCUT2D eigenvalue weighted by Gasteiger charge is -2.04. The van der Waals surface area contributed by atoms with Crippen molar-refractivity contribution in [1.29, 1.82) is 0 Å². The van der Waals surface area contributed by atoms with Crippen LogP contribution in [0.2, 0.25) is 0 Å². The van der Waals surface area contributed by atoms with E-state index < -0.39 is 0 Å². The van der Waals surface area contributed by atoms with Crippen molar-refractivity contribution < 1.29 is 5.21 Å². The Hall–Kier alpha value is -2.09. The van der Waals surface area contributed by atoms with Crippen molar-refractivity contribution in [3.05, 3.63) is 60.2 Å². The number of hydrogen-bond donors (Lipinski definition) is 1. The molecule has 0 amide bonds. The van der Waals surface area contributed by atoms with E-state index in [0.29, 0.717) is 0 Å². The first-order valence-corrected chi connectivity index (χ1v) is 4.73. The Morgan fingerprint density at radius 3 is 2.27 bits per heavy atom. The van der Waals surface area contributed by atoms with E-state index in [4.69, 9.17) is 5.21 Å². The van der Waals surface area contributed by atoms with Crippen molar-refractivity contribution in [2.75, 3.05) is 0 Å². The summed E-state index contributed by atoms with van der Waals surface area (Å²) in [6.07, 6.45) is 1.45. The topological polar surface area (TPSA) is 32.6 Å². The summed E-state index contributed by atoms with van der Waals surface area (Å²) in [7, 11) is 0. The van der Waals surface area contributed by atoms with Crippen LogP contribution in [-0.2, 0) is 0 Å². The number of nitrogens with zero attached hydrogens (tertiary/aromatic N) is 1. The van der Waals surface area contributed by atoms with Gasteiger partial charge in [-0.25, -0.2) is 0 Å². The second-order valence-electron chi connectivity index (χ2n) is 3.20. The first-order valence-electron chi connectivity index (χ1n) is 4.73. The highest BCUT2D eigenvalue weighted by molar-refractivity contribution is 5.89. The molecule has 0 saturated heterocycles. The highest BCUT2D eigenvalue weighted by Crippen LogP contribution is 2.21. The molecule has 0 spiro atoms. The van der Waals surface area contributed by atoms with Gasteiger partial charge in [-0.3, -0.25) is 0 Å². The zero-order chi connectivity index (χ0) is 10.5. The Morgan fingerprint density at radius 1 is 0.867 bits per heavy atom. The molecular formula is C13H11NO. The highest BCUT2D eigenvalue weighted by Gasteiger charge is 2.00. The SMILES string of the molecule is O/N=C/c1ccccc1-c1ccccc1. The van der Waals surface area contributed by atoms with Gasteiger partial charge in [0.05, 0.1) is 6.21 Å².